The molecule has 2 rings (SSSR count). The zero-order chi connectivity index (χ0) is 18.9. The minimum Gasteiger partial charge on any atom is -0.354 e. The number of carbonyl (C=O) groups excluding carboxylic acids is 3. The highest BCUT2D eigenvalue weighted by Crippen LogP contribution is 2.18. The summed E-state index contributed by atoms with van der Waals surface area (Å²) in [6.45, 7) is 4.03. The Morgan fingerprint density at radius 3 is 2.35 bits per heavy atom. The van der Waals surface area contributed by atoms with Gasteiger partial charge in [-0.15, -0.1) is 0 Å². The third kappa shape index (κ3) is 6.74. The highest BCUT2D eigenvalue weighted by molar-refractivity contribution is 5.95. The van der Waals surface area contributed by atoms with Gasteiger partial charge < -0.3 is 21.3 Å². The summed E-state index contributed by atoms with van der Waals surface area (Å²) in [5, 5.41) is 11.1. The first-order chi connectivity index (χ1) is 12.4. The van der Waals surface area contributed by atoms with Crippen molar-refractivity contribution < 1.29 is 14.4 Å². The number of hydrogen-bond donors (Lipinski definition) is 4. The van der Waals surface area contributed by atoms with Crippen LogP contribution in [0.2, 0.25) is 0 Å². The average Bonchev–Trinajstić information content (AvgIpc) is 3.07. The Balaban J connectivity index is 1.73. The number of hydrogen-bond acceptors (Lipinski definition) is 3. The van der Waals surface area contributed by atoms with E-state index in [1.807, 2.05) is 13.8 Å². The van der Waals surface area contributed by atoms with Gasteiger partial charge in [0.15, 0.2) is 0 Å². The molecule has 0 bridgehead atoms. The van der Waals surface area contributed by atoms with Crippen LogP contribution < -0.4 is 21.3 Å². The van der Waals surface area contributed by atoms with Crippen LogP contribution in [0.1, 0.15) is 56.3 Å². The van der Waals surface area contributed by atoms with E-state index < -0.39 is 0 Å². The number of urea groups is 1. The van der Waals surface area contributed by atoms with Crippen LogP contribution in [-0.2, 0) is 4.79 Å². The van der Waals surface area contributed by atoms with Crippen molar-refractivity contribution in [3.8, 4) is 0 Å². The Morgan fingerprint density at radius 1 is 1.08 bits per heavy atom. The fraction of sp³-hybridized carbons (Fsp3) is 0.526. The van der Waals surface area contributed by atoms with Gasteiger partial charge in [0.05, 0.1) is 0 Å². The van der Waals surface area contributed by atoms with Crippen LogP contribution in [0.3, 0.4) is 0 Å². The molecular weight excluding hydrogens is 332 g/mol. The minimum atomic E-state index is -0.384. The third-order valence-corrected chi connectivity index (χ3v) is 4.18. The molecule has 0 aromatic heterocycles. The summed E-state index contributed by atoms with van der Waals surface area (Å²) in [7, 11) is 0. The first-order valence-electron chi connectivity index (χ1n) is 9.19. The fourth-order valence-electron chi connectivity index (χ4n) is 2.90. The lowest BCUT2D eigenvalue weighted by Gasteiger charge is -2.12. The topological polar surface area (TPSA) is 99.3 Å². The summed E-state index contributed by atoms with van der Waals surface area (Å²) in [6, 6.07) is 6.74. The van der Waals surface area contributed by atoms with Crippen LogP contribution in [0, 0.1) is 0 Å². The predicted octanol–water partition coefficient (Wildman–Crippen LogP) is 2.40. The molecule has 7 nitrogen and oxygen atoms in total. The quantitative estimate of drug-likeness (QED) is 0.601. The molecule has 1 aliphatic rings. The van der Waals surface area contributed by atoms with Crippen molar-refractivity contribution in [1.82, 2.24) is 16.0 Å². The molecule has 0 heterocycles. The van der Waals surface area contributed by atoms with Crippen molar-refractivity contribution in [2.75, 3.05) is 11.9 Å². The number of nitrogens with one attached hydrogen (secondary N) is 4. The Hall–Kier alpha value is -2.57. The van der Waals surface area contributed by atoms with E-state index in [1.54, 1.807) is 24.3 Å². The van der Waals surface area contributed by atoms with Crippen molar-refractivity contribution in [2.45, 2.75) is 58.0 Å². The molecule has 1 aromatic rings. The number of carbonyl (C=O) groups is 3. The zero-order valence-electron chi connectivity index (χ0n) is 15.4. The summed E-state index contributed by atoms with van der Waals surface area (Å²) in [6.07, 6.45) is 4.65. The van der Waals surface area contributed by atoms with E-state index in [9.17, 15) is 14.4 Å². The van der Waals surface area contributed by atoms with Crippen LogP contribution in [0.4, 0.5) is 10.5 Å². The van der Waals surface area contributed by atoms with Gasteiger partial charge in [-0.3, -0.25) is 9.59 Å². The first-order valence-corrected chi connectivity index (χ1v) is 9.19. The van der Waals surface area contributed by atoms with E-state index in [4.69, 9.17) is 0 Å². The lowest BCUT2D eigenvalue weighted by atomic mass is 10.1. The highest BCUT2D eigenvalue weighted by atomic mass is 16.2. The molecule has 0 unspecified atom stereocenters. The van der Waals surface area contributed by atoms with Gasteiger partial charge in [0.2, 0.25) is 5.91 Å². The normalized spacial score (nSPS) is 14.1. The second kappa shape index (κ2) is 9.79. The summed E-state index contributed by atoms with van der Waals surface area (Å²) < 4.78 is 0. The number of amides is 4. The third-order valence-electron chi connectivity index (χ3n) is 4.18. The van der Waals surface area contributed by atoms with Gasteiger partial charge in [-0.05, 0) is 51.0 Å². The molecule has 0 atom stereocenters. The van der Waals surface area contributed by atoms with Crippen molar-refractivity contribution >= 4 is 23.5 Å². The molecule has 1 fully saturated rings. The largest absolute Gasteiger partial charge is 0.354 e. The Kier molecular flexibility index (Phi) is 7.44. The van der Waals surface area contributed by atoms with E-state index in [1.165, 1.54) is 12.8 Å². The van der Waals surface area contributed by atoms with Crippen LogP contribution in [-0.4, -0.2) is 36.5 Å². The van der Waals surface area contributed by atoms with E-state index >= 15 is 0 Å². The predicted molar refractivity (Wildman–Crippen MR) is 101 cm³/mol. The highest BCUT2D eigenvalue weighted by Gasteiger charge is 2.17. The Labute approximate surface area is 154 Å². The van der Waals surface area contributed by atoms with E-state index in [0.29, 0.717) is 11.3 Å². The van der Waals surface area contributed by atoms with Crippen LogP contribution in [0.5, 0.6) is 0 Å². The Bertz CT molecular complexity index is 622. The van der Waals surface area contributed by atoms with Gasteiger partial charge in [-0.25, -0.2) is 4.79 Å². The van der Waals surface area contributed by atoms with Gasteiger partial charge in [0, 0.05) is 36.3 Å². The maximum absolute atomic E-state index is 12.2. The van der Waals surface area contributed by atoms with Gasteiger partial charge >= 0.3 is 6.03 Å². The van der Waals surface area contributed by atoms with Gasteiger partial charge in [0.1, 0.15) is 0 Å². The molecule has 4 amide bonds. The van der Waals surface area contributed by atoms with Crippen molar-refractivity contribution in [3.05, 3.63) is 29.8 Å². The average molecular weight is 360 g/mol. The molecule has 1 aromatic carbocycles. The van der Waals surface area contributed by atoms with Crippen molar-refractivity contribution in [1.29, 1.82) is 0 Å². The molecule has 0 aliphatic heterocycles. The molecule has 142 valence electrons. The molecule has 7 heteroatoms. The summed E-state index contributed by atoms with van der Waals surface area (Å²) in [4.78, 5) is 35.5. The van der Waals surface area contributed by atoms with E-state index in [0.717, 1.165) is 12.8 Å². The van der Waals surface area contributed by atoms with Gasteiger partial charge in [-0.1, -0.05) is 12.8 Å². The first kappa shape index (κ1) is 19.8. The molecule has 4 N–H and O–H groups in total. The molecule has 26 heavy (non-hydrogen) atoms. The number of benzene rings is 1. The van der Waals surface area contributed by atoms with Gasteiger partial charge in [-0.2, -0.15) is 0 Å². The molecular formula is C19H28N4O3. The van der Waals surface area contributed by atoms with E-state index in [-0.39, 0.29) is 42.9 Å². The van der Waals surface area contributed by atoms with E-state index in [2.05, 4.69) is 21.3 Å². The second-order valence-corrected chi connectivity index (χ2v) is 6.89. The summed E-state index contributed by atoms with van der Waals surface area (Å²) in [5.41, 5.74) is 1.17. The second-order valence-electron chi connectivity index (χ2n) is 6.89. The van der Waals surface area contributed by atoms with Crippen molar-refractivity contribution in [2.24, 2.45) is 0 Å². The lowest BCUT2D eigenvalue weighted by molar-refractivity contribution is -0.121. The zero-order valence-corrected chi connectivity index (χ0v) is 15.4. The number of rotatable bonds is 7. The number of anilines is 1. The standard InChI is InChI=1S/C19H28N4O3/c1-13(2)21-17(24)11-12-20-19(26)23-16-9-7-14(8-10-16)18(25)22-15-5-3-4-6-15/h7-10,13,15H,3-6,11-12H2,1-2H3,(H,21,24)(H,22,25)(H2,20,23,26). The monoisotopic (exact) mass is 360 g/mol. The molecule has 1 aliphatic carbocycles. The minimum absolute atomic E-state index is 0.0796. The maximum Gasteiger partial charge on any atom is 0.319 e. The fourth-order valence-corrected chi connectivity index (χ4v) is 2.90. The van der Waals surface area contributed by atoms with Crippen LogP contribution >= 0.6 is 0 Å². The summed E-state index contributed by atoms with van der Waals surface area (Å²) >= 11 is 0. The van der Waals surface area contributed by atoms with Crippen LogP contribution in [0.15, 0.2) is 24.3 Å². The Morgan fingerprint density at radius 2 is 1.73 bits per heavy atom. The molecule has 0 spiro atoms. The molecule has 0 radical (unpaired) electrons. The molecule has 1 saturated carbocycles. The SMILES string of the molecule is CC(C)NC(=O)CCNC(=O)Nc1ccc(C(=O)NC2CCCC2)cc1. The van der Waals surface area contributed by atoms with Crippen LogP contribution in [0.25, 0.3) is 0 Å². The van der Waals surface area contributed by atoms with Crippen molar-refractivity contribution in [3.63, 3.8) is 0 Å². The molecule has 0 saturated heterocycles. The smallest absolute Gasteiger partial charge is 0.319 e. The summed E-state index contributed by atoms with van der Waals surface area (Å²) in [5.74, 6) is -0.179. The maximum atomic E-state index is 12.2. The van der Waals surface area contributed by atoms with Gasteiger partial charge in [0.25, 0.3) is 5.91 Å². The lowest BCUT2D eigenvalue weighted by Crippen LogP contribution is -2.35.